The maximum atomic E-state index is 5.96. The number of aromatic nitrogens is 3. The molecule has 0 spiro atoms. The quantitative estimate of drug-likeness (QED) is 0.486. The predicted molar refractivity (Wildman–Crippen MR) is 80.9 cm³/mol. The Morgan fingerprint density at radius 3 is 2.95 bits per heavy atom. The summed E-state index contributed by atoms with van der Waals surface area (Å²) in [5, 5.41) is 8.63. The molecule has 1 unspecified atom stereocenters. The molecule has 19 heavy (non-hydrogen) atoms. The highest BCUT2D eigenvalue weighted by molar-refractivity contribution is 9.10. The van der Waals surface area contributed by atoms with Crippen LogP contribution in [0.4, 0.5) is 0 Å². The standard InChI is InChI=1S/C11H13BrClN5S/c1-18-10(11(12)16-17-18)9(15-14)6-19-8-4-2-3-7(13)5-8/h2-5,9,15H,6,14H2,1H3. The molecule has 1 atom stereocenters. The number of hydrogen-bond acceptors (Lipinski definition) is 5. The summed E-state index contributed by atoms with van der Waals surface area (Å²) in [5.41, 5.74) is 3.70. The number of nitrogens with two attached hydrogens (primary N) is 1. The molecule has 0 aliphatic carbocycles. The van der Waals surface area contributed by atoms with Crippen LogP contribution in [0.2, 0.25) is 5.02 Å². The summed E-state index contributed by atoms with van der Waals surface area (Å²) >= 11 is 11.0. The molecule has 0 saturated carbocycles. The van der Waals surface area contributed by atoms with E-state index in [1.165, 1.54) is 0 Å². The molecule has 0 radical (unpaired) electrons. The van der Waals surface area contributed by atoms with Gasteiger partial charge in [-0.15, -0.1) is 16.9 Å². The number of hydrogen-bond donors (Lipinski definition) is 2. The zero-order valence-corrected chi connectivity index (χ0v) is 13.3. The molecular weight excluding hydrogens is 350 g/mol. The van der Waals surface area contributed by atoms with Crippen molar-refractivity contribution in [2.24, 2.45) is 12.9 Å². The van der Waals surface area contributed by atoms with Crippen molar-refractivity contribution < 1.29 is 0 Å². The van der Waals surface area contributed by atoms with Crippen molar-refractivity contribution in [1.82, 2.24) is 20.4 Å². The first-order chi connectivity index (χ1) is 9.11. The van der Waals surface area contributed by atoms with Gasteiger partial charge in [0.25, 0.3) is 0 Å². The van der Waals surface area contributed by atoms with E-state index in [0.29, 0.717) is 4.60 Å². The second kappa shape index (κ2) is 6.71. The van der Waals surface area contributed by atoms with Gasteiger partial charge in [-0.1, -0.05) is 22.9 Å². The third-order valence-corrected chi connectivity index (χ3v) is 4.46. The third kappa shape index (κ3) is 3.70. The lowest BCUT2D eigenvalue weighted by Gasteiger charge is -2.15. The Labute approximate surface area is 129 Å². The van der Waals surface area contributed by atoms with Gasteiger partial charge in [-0.05, 0) is 34.1 Å². The molecular formula is C11H13BrClN5S. The fourth-order valence-electron chi connectivity index (χ4n) is 1.65. The second-order valence-corrected chi connectivity index (χ2v) is 6.16. The number of hydrazine groups is 1. The minimum Gasteiger partial charge on any atom is -0.271 e. The van der Waals surface area contributed by atoms with E-state index in [2.05, 4.69) is 31.7 Å². The molecule has 0 saturated heterocycles. The first-order valence-corrected chi connectivity index (χ1v) is 7.67. The van der Waals surface area contributed by atoms with E-state index in [1.54, 1.807) is 16.4 Å². The molecule has 1 aromatic heterocycles. The number of thioether (sulfide) groups is 1. The molecule has 2 rings (SSSR count). The maximum Gasteiger partial charge on any atom is 0.153 e. The summed E-state index contributed by atoms with van der Waals surface area (Å²) in [6, 6.07) is 7.67. The molecule has 0 aliphatic rings. The number of nitrogens with zero attached hydrogens (tertiary/aromatic N) is 3. The Balaban J connectivity index is 2.08. The van der Waals surface area contributed by atoms with Crippen molar-refractivity contribution >= 4 is 39.3 Å². The van der Waals surface area contributed by atoms with Gasteiger partial charge in [0, 0.05) is 22.7 Å². The van der Waals surface area contributed by atoms with Gasteiger partial charge < -0.3 is 0 Å². The highest BCUT2D eigenvalue weighted by Gasteiger charge is 2.19. The first kappa shape index (κ1) is 14.8. The smallest absolute Gasteiger partial charge is 0.153 e. The van der Waals surface area contributed by atoms with Crippen molar-refractivity contribution in [3.8, 4) is 0 Å². The van der Waals surface area contributed by atoms with E-state index in [1.807, 2.05) is 31.3 Å². The van der Waals surface area contributed by atoms with Gasteiger partial charge in [0.15, 0.2) is 4.60 Å². The Morgan fingerprint density at radius 2 is 2.37 bits per heavy atom. The fraction of sp³-hybridized carbons (Fsp3) is 0.273. The van der Waals surface area contributed by atoms with Crippen LogP contribution in [0.1, 0.15) is 11.7 Å². The molecule has 5 nitrogen and oxygen atoms in total. The maximum absolute atomic E-state index is 5.96. The van der Waals surface area contributed by atoms with Gasteiger partial charge in [0.1, 0.15) is 0 Å². The average molecular weight is 363 g/mol. The van der Waals surface area contributed by atoms with Gasteiger partial charge in [-0.25, -0.2) is 4.68 Å². The van der Waals surface area contributed by atoms with Crippen molar-refractivity contribution in [3.05, 3.63) is 39.6 Å². The largest absolute Gasteiger partial charge is 0.271 e. The lowest BCUT2D eigenvalue weighted by Crippen LogP contribution is -2.31. The van der Waals surface area contributed by atoms with E-state index in [9.17, 15) is 0 Å². The second-order valence-electron chi connectivity index (χ2n) is 3.88. The van der Waals surface area contributed by atoms with Crippen LogP contribution in [0.25, 0.3) is 0 Å². The molecule has 0 amide bonds. The van der Waals surface area contributed by atoms with E-state index in [4.69, 9.17) is 17.4 Å². The number of halogens is 2. The summed E-state index contributed by atoms with van der Waals surface area (Å²) < 4.78 is 2.40. The van der Waals surface area contributed by atoms with Gasteiger partial charge >= 0.3 is 0 Å². The van der Waals surface area contributed by atoms with Crippen LogP contribution in [0.15, 0.2) is 33.8 Å². The Morgan fingerprint density at radius 1 is 1.58 bits per heavy atom. The van der Waals surface area contributed by atoms with Crippen LogP contribution in [0.5, 0.6) is 0 Å². The Kier molecular flexibility index (Phi) is 5.23. The van der Waals surface area contributed by atoms with Gasteiger partial charge in [-0.2, -0.15) is 0 Å². The summed E-state index contributed by atoms with van der Waals surface area (Å²) in [4.78, 5) is 1.10. The van der Waals surface area contributed by atoms with Gasteiger partial charge in [0.2, 0.25) is 0 Å². The van der Waals surface area contributed by atoms with Crippen molar-refractivity contribution in [2.75, 3.05) is 5.75 Å². The molecule has 2 aromatic rings. The normalized spacial score (nSPS) is 12.6. The summed E-state index contributed by atoms with van der Waals surface area (Å²) in [5.74, 6) is 6.36. The summed E-state index contributed by atoms with van der Waals surface area (Å²) in [6.07, 6.45) is 0. The minimum atomic E-state index is -0.0571. The van der Waals surface area contributed by atoms with Crippen molar-refractivity contribution in [2.45, 2.75) is 10.9 Å². The Hall–Kier alpha value is -0.600. The molecule has 1 heterocycles. The van der Waals surface area contributed by atoms with E-state index in [-0.39, 0.29) is 6.04 Å². The van der Waals surface area contributed by atoms with Crippen LogP contribution < -0.4 is 11.3 Å². The van der Waals surface area contributed by atoms with Crippen LogP contribution in [-0.4, -0.2) is 20.7 Å². The predicted octanol–water partition coefficient (Wildman–Crippen LogP) is 2.53. The van der Waals surface area contributed by atoms with Gasteiger partial charge in [0.05, 0.1) is 11.7 Å². The number of aryl methyl sites for hydroxylation is 1. The molecule has 0 aliphatic heterocycles. The van der Waals surface area contributed by atoms with Crippen LogP contribution in [0.3, 0.4) is 0 Å². The van der Waals surface area contributed by atoms with Crippen molar-refractivity contribution in [3.63, 3.8) is 0 Å². The zero-order valence-electron chi connectivity index (χ0n) is 10.2. The number of nitrogens with one attached hydrogen (secondary N) is 1. The average Bonchev–Trinajstić information content (AvgIpc) is 2.71. The molecule has 0 fully saturated rings. The first-order valence-electron chi connectivity index (χ1n) is 5.51. The fourth-order valence-corrected chi connectivity index (χ4v) is 3.51. The van der Waals surface area contributed by atoms with Crippen molar-refractivity contribution in [1.29, 1.82) is 0 Å². The third-order valence-electron chi connectivity index (χ3n) is 2.57. The van der Waals surface area contributed by atoms with Gasteiger partial charge in [-0.3, -0.25) is 11.3 Å². The molecule has 8 heteroatoms. The highest BCUT2D eigenvalue weighted by atomic mass is 79.9. The van der Waals surface area contributed by atoms with Crippen LogP contribution >= 0.6 is 39.3 Å². The molecule has 102 valence electrons. The van der Waals surface area contributed by atoms with E-state index >= 15 is 0 Å². The summed E-state index contributed by atoms with van der Waals surface area (Å²) in [6.45, 7) is 0. The zero-order chi connectivity index (χ0) is 13.8. The lowest BCUT2D eigenvalue weighted by atomic mass is 10.3. The van der Waals surface area contributed by atoms with Crippen LogP contribution in [0, 0.1) is 0 Å². The molecule has 1 aromatic carbocycles. The molecule has 3 N–H and O–H groups in total. The topological polar surface area (TPSA) is 68.8 Å². The van der Waals surface area contributed by atoms with Crippen LogP contribution in [-0.2, 0) is 7.05 Å². The number of benzene rings is 1. The number of rotatable bonds is 5. The Bertz CT molecular complexity index is 542. The molecule has 0 bridgehead atoms. The highest BCUT2D eigenvalue weighted by Crippen LogP contribution is 2.28. The lowest BCUT2D eigenvalue weighted by molar-refractivity contribution is 0.550. The minimum absolute atomic E-state index is 0.0571. The monoisotopic (exact) mass is 361 g/mol. The SMILES string of the molecule is Cn1nnc(Br)c1C(CSc1cccc(Cl)c1)NN. The van der Waals surface area contributed by atoms with E-state index in [0.717, 1.165) is 21.4 Å². The van der Waals surface area contributed by atoms with E-state index < -0.39 is 0 Å². The summed E-state index contributed by atoms with van der Waals surface area (Å²) in [7, 11) is 1.83.